The molecular weight excluding hydrogens is 274 g/mol. The molecule has 1 aliphatic rings. The molecule has 1 saturated heterocycles. The van der Waals surface area contributed by atoms with Gasteiger partial charge in [0.1, 0.15) is 5.60 Å². The number of alkyl halides is 1. The minimum atomic E-state index is -0.459. The molecule has 0 bridgehead atoms. The lowest BCUT2D eigenvalue weighted by Crippen LogP contribution is -2.50. The highest BCUT2D eigenvalue weighted by atomic mass is 79.9. The van der Waals surface area contributed by atoms with Gasteiger partial charge in [-0.2, -0.15) is 0 Å². The summed E-state index contributed by atoms with van der Waals surface area (Å²) in [6.07, 6.45) is 1.34. The van der Waals surface area contributed by atoms with Crippen LogP contribution in [0.1, 0.15) is 33.6 Å². The molecule has 0 aromatic rings. The number of carbonyl (C=O) groups excluding carboxylic acids is 1. The summed E-state index contributed by atoms with van der Waals surface area (Å²) >= 11 is 3.40. The first kappa shape index (κ1) is 13.8. The van der Waals surface area contributed by atoms with E-state index in [4.69, 9.17) is 9.47 Å². The monoisotopic (exact) mass is 293 g/mol. The van der Waals surface area contributed by atoms with E-state index in [0.717, 1.165) is 18.2 Å². The number of hydrogen-bond acceptors (Lipinski definition) is 3. The van der Waals surface area contributed by atoms with E-state index in [9.17, 15) is 4.79 Å². The van der Waals surface area contributed by atoms with Crippen molar-refractivity contribution in [1.82, 2.24) is 5.32 Å². The van der Waals surface area contributed by atoms with Gasteiger partial charge in [-0.1, -0.05) is 15.9 Å². The largest absolute Gasteiger partial charge is 0.444 e. The topological polar surface area (TPSA) is 47.6 Å². The standard InChI is InChI=1S/C11H20BrNO3/c1-10(2,3)16-9(14)13-11(4-6-12)5-7-15-8-11/h4-8H2,1-3H3,(H,13,14). The lowest BCUT2D eigenvalue weighted by molar-refractivity contribution is 0.0438. The zero-order chi connectivity index (χ0) is 12.2. The average Bonchev–Trinajstić information content (AvgIpc) is 2.49. The number of alkyl carbamates (subject to hydrolysis) is 1. The normalized spacial score (nSPS) is 25.5. The fraction of sp³-hybridized carbons (Fsp3) is 0.909. The molecule has 1 N–H and O–H groups in total. The Hall–Kier alpha value is -0.290. The van der Waals surface area contributed by atoms with Gasteiger partial charge in [0.2, 0.25) is 0 Å². The van der Waals surface area contributed by atoms with E-state index in [0.29, 0.717) is 13.2 Å². The van der Waals surface area contributed by atoms with Gasteiger partial charge in [0.05, 0.1) is 12.1 Å². The zero-order valence-electron chi connectivity index (χ0n) is 10.1. The maximum absolute atomic E-state index is 11.7. The van der Waals surface area contributed by atoms with Crippen LogP contribution in [-0.4, -0.2) is 35.8 Å². The first-order valence-corrected chi connectivity index (χ1v) is 6.64. The van der Waals surface area contributed by atoms with Crippen LogP contribution in [0.4, 0.5) is 4.79 Å². The van der Waals surface area contributed by atoms with Crippen LogP contribution in [-0.2, 0) is 9.47 Å². The van der Waals surface area contributed by atoms with Crippen molar-refractivity contribution in [3.05, 3.63) is 0 Å². The molecule has 1 heterocycles. The summed E-state index contributed by atoms with van der Waals surface area (Å²) in [7, 11) is 0. The maximum atomic E-state index is 11.7. The molecule has 0 radical (unpaired) electrons. The molecule has 16 heavy (non-hydrogen) atoms. The van der Waals surface area contributed by atoms with Crippen LogP contribution in [0.15, 0.2) is 0 Å². The summed E-state index contributed by atoms with van der Waals surface area (Å²) in [5.41, 5.74) is -0.717. The number of ether oxygens (including phenoxy) is 2. The smallest absolute Gasteiger partial charge is 0.408 e. The van der Waals surface area contributed by atoms with Crippen molar-refractivity contribution in [1.29, 1.82) is 0 Å². The van der Waals surface area contributed by atoms with E-state index >= 15 is 0 Å². The Morgan fingerprint density at radius 1 is 1.56 bits per heavy atom. The van der Waals surface area contributed by atoms with Crippen LogP contribution < -0.4 is 5.32 Å². The SMILES string of the molecule is CC(C)(C)OC(=O)NC1(CCBr)CCOC1. The molecule has 0 spiro atoms. The van der Waals surface area contributed by atoms with Crippen LogP contribution >= 0.6 is 15.9 Å². The van der Waals surface area contributed by atoms with Crippen molar-refractivity contribution in [2.45, 2.75) is 44.8 Å². The molecule has 1 amide bonds. The van der Waals surface area contributed by atoms with E-state index in [1.807, 2.05) is 20.8 Å². The third-order valence-electron chi connectivity index (χ3n) is 2.44. The molecule has 1 unspecified atom stereocenters. The molecule has 1 atom stereocenters. The third kappa shape index (κ3) is 4.29. The number of carbonyl (C=O) groups is 1. The summed E-state index contributed by atoms with van der Waals surface area (Å²) in [6, 6.07) is 0. The van der Waals surface area contributed by atoms with Gasteiger partial charge in [0, 0.05) is 11.9 Å². The molecule has 1 fully saturated rings. The van der Waals surface area contributed by atoms with Crippen molar-refractivity contribution in [3.63, 3.8) is 0 Å². The fourth-order valence-electron chi connectivity index (χ4n) is 1.67. The summed E-state index contributed by atoms with van der Waals surface area (Å²) in [5, 5.41) is 3.77. The first-order valence-electron chi connectivity index (χ1n) is 5.52. The van der Waals surface area contributed by atoms with E-state index in [-0.39, 0.29) is 11.6 Å². The van der Waals surface area contributed by atoms with Crippen LogP contribution in [0.2, 0.25) is 0 Å². The van der Waals surface area contributed by atoms with Crippen molar-refractivity contribution in [2.75, 3.05) is 18.5 Å². The second kappa shape index (κ2) is 5.36. The average molecular weight is 294 g/mol. The number of rotatable bonds is 3. The van der Waals surface area contributed by atoms with Gasteiger partial charge in [-0.3, -0.25) is 0 Å². The quantitative estimate of drug-likeness (QED) is 0.813. The Labute approximate surface area is 105 Å². The van der Waals surface area contributed by atoms with Crippen LogP contribution in [0.25, 0.3) is 0 Å². The highest BCUT2D eigenvalue weighted by molar-refractivity contribution is 9.09. The predicted molar refractivity (Wildman–Crippen MR) is 65.9 cm³/mol. The Bertz CT molecular complexity index is 244. The zero-order valence-corrected chi connectivity index (χ0v) is 11.7. The number of halogens is 1. The molecule has 0 aromatic heterocycles. The molecule has 0 aliphatic carbocycles. The molecule has 0 saturated carbocycles. The number of amides is 1. The number of nitrogens with one attached hydrogen (secondary N) is 1. The highest BCUT2D eigenvalue weighted by Crippen LogP contribution is 2.24. The van der Waals surface area contributed by atoms with E-state index in [1.54, 1.807) is 0 Å². The Kier molecular flexibility index (Phi) is 4.62. The van der Waals surface area contributed by atoms with Gasteiger partial charge < -0.3 is 14.8 Å². The lowest BCUT2D eigenvalue weighted by Gasteiger charge is -2.29. The van der Waals surface area contributed by atoms with Crippen molar-refractivity contribution in [3.8, 4) is 0 Å². The molecule has 1 aliphatic heterocycles. The van der Waals surface area contributed by atoms with Crippen molar-refractivity contribution in [2.24, 2.45) is 0 Å². The van der Waals surface area contributed by atoms with Gasteiger partial charge in [0.25, 0.3) is 0 Å². The lowest BCUT2D eigenvalue weighted by atomic mass is 9.96. The summed E-state index contributed by atoms with van der Waals surface area (Å²) in [4.78, 5) is 11.7. The van der Waals surface area contributed by atoms with Gasteiger partial charge in [0.15, 0.2) is 0 Å². The van der Waals surface area contributed by atoms with Crippen LogP contribution in [0, 0.1) is 0 Å². The molecule has 5 heteroatoms. The Morgan fingerprint density at radius 3 is 2.69 bits per heavy atom. The van der Waals surface area contributed by atoms with Crippen LogP contribution in [0.5, 0.6) is 0 Å². The summed E-state index contributed by atoms with van der Waals surface area (Å²) < 4.78 is 10.6. The third-order valence-corrected chi connectivity index (χ3v) is 2.84. The molecule has 94 valence electrons. The van der Waals surface area contributed by atoms with Gasteiger partial charge in [-0.15, -0.1) is 0 Å². The van der Waals surface area contributed by atoms with Crippen molar-refractivity contribution >= 4 is 22.0 Å². The van der Waals surface area contributed by atoms with E-state index in [1.165, 1.54) is 0 Å². The minimum Gasteiger partial charge on any atom is -0.444 e. The molecule has 1 rings (SSSR count). The van der Waals surface area contributed by atoms with Crippen molar-refractivity contribution < 1.29 is 14.3 Å². The molecular formula is C11H20BrNO3. The summed E-state index contributed by atoms with van der Waals surface area (Å²) in [6.45, 7) is 6.83. The Balaban J connectivity index is 2.52. The second-order valence-corrected chi connectivity index (χ2v) is 5.94. The number of hydrogen-bond donors (Lipinski definition) is 1. The van der Waals surface area contributed by atoms with Gasteiger partial charge >= 0.3 is 6.09 Å². The first-order chi connectivity index (χ1) is 7.37. The van der Waals surface area contributed by atoms with E-state index in [2.05, 4.69) is 21.2 Å². The Morgan fingerprint density at radius 2 is 2.25 bits per heavy atom. The molecule has 4 nitrogen and oxygen atoms in total. The van der Waals surface area contributed by atoms with Crippen LogP contribution in [0.3, 0.4) is 0 Å². The fourth-order valence-corrected chi connectivity index (χ4v) is 2.43. The minimum absolute atomic E-state index is 0.258. The predicted octanol–water partition coefficient (Wildman–Crippen LogP) is 2.46. The van der Waals surface area contributed by atoms with Gasteiger partial charge in [-0.05, 0) is 33.6 Å². The highest BCUT2D eigenvalue weighted by Gasteiger charge is 2.36. The molecule has 0 aromatic carbocycles. The van der Waals surface area contributed by atoms with Gasteiger partial charge in [-0.25, -0.2) is 4.79 Å². The maximum Gasteiger partial charge on any atom is 0.408 e. The second-order valence-electron chi connectivity index (χ2n) is 5.15. The van der Waals surface area contributed by atoms with E-state index < -0.39 is 5.60 Å². The summed E-state index contributed by atoms with van der Waals surface area (Å²) in [5.74, 6) is 0.